The van der Waals surface area contributed by atoms with E-state index in [9.17, 15) is 4.79 Å². The van der Waals surface area contributed by atoms with Gasteiger partial charge >= 0.3 is 5.97 Å². The normalized spacial score (nSPS) is 11.7. The van der Waals surface area contributed by atoms with Crippen LogP contribution in [0.1, 0.15) is 18.4 Å². The number of para-hydroxylation sites is 2. The molecule has 0 saturated carbocycles. The lowest BCUT2D eigenvalue weighted by Gasteiger charge is -2.17. The van der Waals surface area contributed by atoms with E-state index in [2.05, 4.69) is 0 Å². The predicted octanol–water partition coefficient (Wildman–Crippen LogP) is 3.34. The molecule has 2 N–H and O–H groups in total. The minimum Gasteiger partial charge on any atom is -0.469 e. The van der Waals surface area contributed by atoms with E-state index in [0.29, 0.717) is 22.7 Å². The Labute approximate surface area is 118 Å². The van der Waals surface area contributed by atoms with E-state index >= 15 is 0 Å². The second-order valence-corrected chi connectivity index (χ2v) is 4.43. The Morgan fingerprint density at radius 3 is 2.45 bits per heavy atom. The molecule has 0 bridgehead atoms. The molecule has 0 aliphatic heterocycles. The standard InChI is InChI=1S/C16H17NO3/c1-11(16(18)19-2)13-9-6-10-14(17)15(13)20-12-7-4-3-5-8-12/h3-11H,17H2,1-2H3. The summed E-state index contributed by atoms with van der Waals surface area (Å²) < 4.78 is 10.6. The Balaban J connectivity index is 2.39. The summed E-state index contributed by atoms with van der Waals surface area (Å²) in [5.74, 6) is 0.399. The monoisotopic (exact) mass is 271 g/mol. The Kier molecular flexibility index (Phi) is 4.25. The van der Waals surface area contributed by atoms with Crippen LogP contribution in [0.15, 0.2) is 48.5 Å². The van der Waals surface area contributed by atoms with E-state index in [1.165, 1.54) is 7.11 Å². The third-order valence-electron chi connectivity index (χ3n) is 3.06. The molecule has 0 radical (unpaired) electrons. The number of ether oxygens (including phenoxy) is 2. The van der Waals surface area contributed by atoms with E-state index in [0.717, 1.165) is 0 Å². The van der Waals surface area contributed by atoms with E-state index in [1.54, 1.807) is 19.1 Å². The van der Waals surface area contributed by atoms with Gasteiger partial charge in [0.25, 0.3) is 0 Å². The van der Waals surface area contributed by atoms with Crippen LogP contribution in [-0.4, -0.2) is 13.1 Å². The van der Waals surface area contributed by atoms with Crippen molar-refractivity contribution in [2.45, 2.75) is 12.8 Å². The van der Waals surface area contributed by atoms with Crippen molar-refractivity contribution in [3.05, 3.63) is 54.1 Å². The number of nitrogens with two attached hydrogens (primary N) is 1. The first-order valence-electron chi connectivity index (χ1n) is 6.32. The average molecular weight is 271 g/mol. The highest BCUT2D eigenvalue weighted by molar-refractivity contribution is 5.80. The zero-order valence-electron chi connectivity index (χ0n) is 11.5. The number of hydrogen-bond donors (Lipinski definition) is 1. The number of benzene rings is 2. The van der Waals surface area contributed by atoms with Crippen LogP contribution in [0.4, 0.5) is 5.69 Å². The van der Waals surface area contributed by atoms with Gasteiger partial charge in [-0.2, -0.15) is 0 Å². The van der Waals surface area contributed by atoms with Crippen molar-refractivity contribution in [2.75, 3.05) is 12.8 Å². The Morgan fingerprint density at radius 2 is 1.80 bits per heavy atom. The lowest BCUT2D eigenvalue weighted by atomic mass is 9.99. The maximum Gasteiger partial charge on any atom is 0.312 e. The summed E-state index contributed by atoms with van der Waals surface area (Å²) in [6, 6.07) is 14.7. The van der Waals surface area contributed by atoms with Gasteiger partial charge in [-0.3, -0.25) is 4.79 Å². The van der Waals surface area contributed by atoms with Crippen molar-refractivity contribution in [3.63, 3.8) is 0 Å². The van der Waals surface area contributed by atoms with Crippen LogP contribution >= 0.6 is 0 Å². The van der Waals surface area contributed by atoms with Crippen molar-refractivity contribution in [1.82, 2.24) is 0 Å². The third kappa shape index (κ3) is 2.91. The fourth-order valence-corrected chi connectivity index (χ4v) is 1.94. The van der Waals surface area contributed by atoms with Crippen molar-refractivity contribution in [2.24, 2.45) is 0 Å². The summed E-state index contributed by atoms with van der Waals surface area (Å²) in [5, 5.41) is 0. The van der Waals surface area contributed by atoms with Crippen molar-refractivity contribution in [1.29, 1.82) is 0 Å². The second kappa shape index (κ2) is 6.10. The van der Waals surface area contributed by atoms with Gasteiger partial charge in [0.2, 0.25) is 0 Å². The number of carbonyl (C=O) groups is 1. The van der Waals surface area contributed by atoms with Crippen molar-refractivity contribution < 1.29 is 14.3 Å². The van der Waals surface area contributed by atoms with E-state index < -0.39 is 5.92 Å². The van der Waals surface area contributed by atoms with Crippen LogP contribution in [0.3, 0.4) is 0 Å². The first kappa shape index (κ1) is 13.9. The number of hydrogen-bond acceptors (Lipinski definition) is 4. The molecule has 0 aliphatic rings. The second-order valence-electron chi connectivity index (χ2n) is 4.43. The Hall–Kier alpha value is -2.49. The van der Waals surface area contributed by atoms with Gasteiger partial charge in [-0.15, -0.1) is 0 Å². The van der Waals surface area contributed by atoms with Crippen LogP contribution in [-0.2, 0) is 9.53 Å². The van der Waals surface area contributed by atoms with Crippen LogP contribution in [0.5, 0.6) is 11.5 Å². The van der Waals surface area contributed by atoms with Crippen LogP contribution in [0.25, 0.3) is 0 Å². The smallest absolute Gasteiger partial charge is 0.312 e. The molecule has 0 aromatic heterocycles. The Morgan fingerprint density at radius 1 is 1.10 bits per heavy atom. The van der Waals surface area contributed by atoms with Gasteiger partial charge in [-0.1, -0.05) is 30.3 Å². The minimum absolute atomic E-state index is 0.325. The fraction of sp³-hybridized carbons (Fsp3) is 0.188. The summed E-state index contributed by atoms with van der Waals surface area (Å²) >= 11 is 0. The summed E-state index contributed by atoms with van der Waals surface area (Å²) in [4.78, 5) is 11.7. The van der Waals surface area contributed by atoms with Gasteiger partial charge in [0.15, 0.2) is 5.75 Å². The fourth-order valence-electron chi connectivity index (χ4n) is 1.94. The van der Waals surface area contributed by atoms with Crippen LogP contribution in [0.2, 0.25) is 0 Å². The molecule has 2 rings (SSSR count). The van der Waals surface area contributed by atoms with Gasteiger partial charge in [-0.05, 0) is 25.1 Å². The maximum atomic E-state index is 11.7. The summed E-state index contributed by atoms with van der Waals surface area (Å²) in [6.45, 7) is 1.76. The molecular formula is C16H17NO3. The third-order valence-corrected chi connectivity index (χ3v) is 3.06. The van der Waals surface area contributed by atoms with E-state index in [4.69, 9.17) is 15.2 Å². The summed E-state index contributed by atoms with van der Waals surface area (Å²) in [5.41, 5.74) is 7.17. The minimum atomic E-state index is -0.442. The quantitative estimate of drug-likeness (QED) is 0.684. The average Bonchev–Trinajstić information content (AvgIpc) is 2.49. The number of methoxy groups -OCH3 is 1. The highest BCUT2D eigenvalue weighted by atomic mass is 16.5. The summed E-state index contributed by atoms with van der Waals surface area (Å²) in [6.07, 6.45) is 0. The molecule has 0 spiro atoms. The highest BCUT2D eigenvalue weighted by Gasteiger charge is 2.21. The van der Waals surface area contributed by atoms with Gasteiger partial charge in [0.1, 0.15) is 5.75 Å². The molecule has 0 saturated heterocycles. The Bertz CT molecular complexity index is 596. The van der Waals surface area contributed by atoms with Crippen molar-refractivity contribution >= 4 is 11.7 Å². The zero-order valence-corrected chi connectivity index (χ0v) is 11.5. The topological polar surface area (TPSA) is 61.5 Å². The SMILES string of the molecule is COC(=O)C(C)c1cccc(N)c1Oc1ccccc1. The predicted molar refractivity (Wildman–Crippen MR) is 77.8 cm³/mol. The van der Waals surface area contributed by atoms with Gasteiger partial charge in [0, 0.05) is 5.56 Å². The lowest BCUT2D eigenvalue weighted by Crippen LogP contribution is -2.12. The van der Waals surface area contributed by atoms with Crippen LogP contribution in [0, 0.1) is 0 Å². The lowest BCUT2D eigenvalue weighted by molar-refractivity contribution is -0.142. The zero-order chi connectivity index (χ0) is 14.5. The number of carbonyl (C=O) groups excluding carboxylic acids is 1. The molecule has 1 atom stereocenters. The largest absolute Gasteiger partial charge is 0.469 e. The molecule has 4 nitrogen and oxygen atoms in total. The first-order valence-corrected chi connectivity index (χ1v) is 6.32. The number of esters is 1. The van der Waals surface area contributed by atoms with E-state index in [1.807, 2.05) is 36.4 Å². The van der Waals surface area contributed by atoms with Gasteiger partial charge in [-0.25, -0.2) is 0 Å². The van der Waals surface area contributed by atoms with Crippen LogP contribution < -0.4 is 10.5 Å². The molecule has 20 heavy (non-hydrogen) atoms. The van der Waals surface area contributed by atoms with Gasteiger partial charge in [0.05, 0.1) is 18.7 Å². The molecule has 0 fully saturated rings. The molecule has 0 aliphatic carbocycles. The highest BCUT2D eigenvalue weighted by Crippen LogP contribution is 2.35. The van der Waals surface area contributed by atoms with Gasteiger partial charge < -0.3 is 15.2 Å². The number of rotatable bonds is 4. The molecule has 0 amide bonds. The summed E-state index contributed by atoms with van der Waals surface area (Å²) in [7, 11) is 1.36. The molecule has 1 unspecified atom stereocenters. The molecule has 2 aromatic carbocycles. The molecule has 2 aromatic rings. The molecular weight excluding hydrogens is 254 g/mol. The first-order chi connectivity index (χ1) is 9.63. The number of nitrogen functional groups attached to an aromatic ring is 1. The molecule has 4 heteroatoms. The molecule has 104 valence electrons. The number of anilines is 1. The van der Waals surface area contributed by atoms with E-state index in [-0.39, 0.29) is 5.97 Å². The molecule has 0 heterocycles. The maximum absolute atomic E-state index is 11.7. The van der Waals surface area contributed by atoms with Crippen molar-refractivity contribution in [3.8, 4) is 11.5 Å².